The standard InChI is InChI=1S/C13H17NO3/c14-7-12(6-13(15)16)9-1-2-11-8-17-4-3-10(11)5-9/h1-2,5,12H,3-4,6-8,14H2,(H,15,16). The van der Waals surface area contributed by atoms with Gasteiger partial charge in [-0.2, -0.15) is 0 Å². The predicted molar refractivity (Wildman–Crippen MR) is 63.9 cm³/mol. The molecule has 1 heterocycles. The van der Waals surface area contributed by atoms with Crippen molar-refractivity contribution in [3.05, 3.63) is 34.9 Å². The molecule has 1 aromatic carbocycles. The lowest BCUT2D eigenvalue weighted by Crippen LogP contribution is -2.17. The van der Waals surface area contributed by atoms with Gasteiger partial charge >= 0.3 is 5.97 Å². The Morgan fingerprint density at radius 2 is 2.29 bits per heavy atom. The quantitative estimate of drug-likeness (QED) is 0.824. The Hall–Kier alpha value is -1.39. The third-order valence-corrected chi connectivity index (χ3v) is 3.18. The smallest absolute Gasteiger partial charge is 0.304 e. The van der Waals surface area contributed by atoms with Crippen LogP contribution in [0.5, 0.6) is 0 Å². The molecule has 0 aliphatic carbocycles. The van der Waals surface area contributed by atoms with Gasteiger partial charge in [-0.3, -0.25) is 4.79 Å². The summed E-state index contributed by atoms with van der Waals surface area (Å²) in [7, 11) is 0. The Bertz CT molecular complexity index is 417. The maximum absolute atomic E-state index is 10.8. The second-order valence-corrected chi connectivity index (χ2v) is 4.36. The van der Waals surface area contributed by atoms with Crippen molar-refractivity contribution >= 4 is 5.97 Å². The summed E-state index contributed by atoms with van der Waals surface area (Å²) in [5.41, 5.74) is 9.13. The van der Waals surface area contributed by atoms with E-state index in [4.69, 9.17) is 15.6 Å². The SMILES string of the molecule is NCC(CC(=O)O)c1ccc2c(c1)CCOC2. The maximum atomic E-state index is 10.8. The second-order valence-electron chi connectivity index (χ2n) is 4.36. The van der Waals surface area contributed by atoms with E-state index in [1.54, 1.807) is 0 Å². The first-order valence-corrected chi connectivity index (χ1v) is 5.82. The van der Waals surface area contributed by atoms with E-state index in [1.807, 2.05) is 12.1 Å². The van der Waals surface area contributed by atoms with Crippen molar-refractivity contribution in [1.82, 2.24) is 0 Å². The zero-order valence-corrected chi connectivity index (χ0v) is 9.69. The van der Waals surface area contributed by atoms with Gasteiger partial charge in [0, 0.05) is 5.92 Å². The van der Waals surface area contributed by atoms with Gasteiger partial charge in [-0.25, -0.2) is 0 Å². The first-order chi connectivity index (χ1) is 8.20. The maximum Gasteiger partial charge on any atom is 0.304 e. The van der Waals surface area contributed by atoms with Gasteiger partial charge in [0.2, 0.25) is 0 Å². The van der Waals surface area contributed by atoms with Gasteiger partial charge in [0.1, 0.15) is 0 Å². The van der Waals surface area contributed by atoms with E-state index in [1.165, 1.54) is 11.1 Å². The van der Waals surface area contributed by atoms with E-state index >= 15 is 0 Å². The average molecular weight is 235 g/mol. The van der Waals surface area contributed by atoms with Gasteiger partial charge in [-0.1, -0.05) is 18.2 Å². The number of nitrogens with two attached hydrogens (primary N) is 1. The second kappa shape index (κ2) is 5.29. The number of ether oxygens (including phenoxy) is 1. The number of fused-ring (bicyclic) bond motifs is 1. The van der Waals surface area contributed by atoms with E-state index in [-0.39, 0.29) is 12.3 Å². The molecule has 0 radical (unpaired) electrons. The van der Waals surface area contributed by atoms with Gasteiger partial charge in [0.05, 0.1) is 19.6 Å². The summed E-state index contributed by atoms with van der Waals surface area (Å²) in [5.74, 6) is -0.901. The Balaban J connectivity index is 2.22. The number of hydrogen-bond acceptors (Lipinski definition) is 3. The van der Waals surface area contributed by atoms with Crippen molar-refractivity contribution in [2.24, 2.45) is 5.73 Å². The van der Waals surface area contributed by atoms with E-state index in [0.29, 0.717) is 13.2 Å². The van der Waals surface area contributed by atoms with Gasteiger partial charge < -0.3 is 15.6 Å². The fourth-order valence-electron chi connectivity index (χ4n) is 2.19. The molecular formula is C13H17NO3. The average Bonchev–Trinajstić information content (AvgIpc) is 2.35. The summed E-state index contributed by atoms with van der Waals surface area (Å²) in [6, 6.07) is 6.07. The third kappa shape index (κ3) is 2.84. The molecule has 0 saturated heterocycles. The predicted octanol–water partition coefficient (Wildman–Crippen LogP) is 1.28. The van der Waals surface area contributed by atoms with Gasteiger partial charge in [0.15, 0.2) is 0 Å². The molecule has 1 aliphatic rings. The largest absolute Gasteiger partial charge is 0.481 e. The molecule has 1 unspecified atom stereocenters. The molecule has 0 saturated carbocycles. The van der Waals surface area contributed by atoms with Crippen LogP contribution in [0.2, 0.25) is 0 Å². The third-order valence-electron chi connectivity index (χ3n) is 3.18. The summed E-state index contributed by atoms with van der Waals surface area (Å²) in [6.45, 7) is 1.76. The minimum absolute atomic E-state index is 0.0891. The molecule has 1 aromatic rings. The summed E-state index contributed by atoms with van der Waals surface area (Å²) in [6.07, 6.45) is 0.985. The lowest BCUT2D eigenvalue weighted by Gasteiger charge is -2.20. The highest BCUT2D eigenvalue weighted by molar-refractivity contribution is 5.68. The Morgan fingerprint density at radius 1 is 1.47 bits per heavy atom. The van der Waals surface area contributed by atoms with Crippen molar-refractivity contribution in [2.75, 3.05) is 13.2 Å². The summed E-state index contributed by atoms with van der Waals surface area (Å²) in [5, 5.41) is 8.84. The highest BCUT2D eigenvalue weighted by Crippen LogP contribution is 2.24. The van der Waals surface area contributed by atoms with Crippen LogP contribution in [-0.2, 0) is 22.6 Å². The van der Waals surface area contributed by atoms with Crippen LogP contribution in [0.25, 0.3) is 0 Å². The monoisotopic (exact) mass is 235 g/mol. The molecule has 17 heavy (non-hydrogen) atoms. The first kappa shape index (κ1) is 12.1. The van der Waals surface area contributed by atoms with Gasteiger partial charge in [-0.05, 0) is 29.7 Å². The molecule has 3 N–H and O–H groups in total. The molecule has 1 aliphatic heterocycles. The molecule has 0 fully saturated rings. The van der Waals surface area contributed by atoms with Crippen LogP contribution in [0.4, 0.5) is 0 Å². The van der Waals surface area contributed by atoms with Crippen LogP contribution in [0, 0.1) is 0 Å². The number of aliphatic carboxylic acids is 1. The zero-order chi connectivity index (χ0) is 12.3. The highest BCUT2D eigenvalue weighted by atomic mass is 16.5. The molecule has 0 aromatic heterocycles. The summed E-state index contributed by atoms with van der Waals surface area (Å²) in [4.78, 5) is 10.8. The van der Waals surface area contributed by atoms with E-state index in [0.717, 1.165) is 18.6 Å². The Morgan fingerprint density at radius 3 is 3.00 bits per heavy atom. The highest BCUT2D eigenvalue weighted by Gasteiger charge is 2.16. The van der Waals surface area contributed by atoms with Gasteiger partial charge in [-0.15, -0.1) is 0 Å². The van der Waals surface area contributed by atoms with E-state index in [9.17, 15) is 4.79 Å². The van der Waals surface area contributed by atoms with Crippen LogP contribution in [0.15, 0.2) is 18.2 Å². The molecule has 0 amide bonds. The summed E-state index contributed by atoms with van der Waals surface area (Å²) < 4.78 is 5.37. The van der Waals surface area contributed by atoms with E-state index in [2.05, 4.69) is 6.07 Å². The number of benzene rings is 1. The van der Waals surface area contributed by atoms with Gasteiger partial charge in [0.25, 0.3) is 0 Å². The molecule has 0 spiro atoms. The minimum atomic E-state index is -0.804. The lowest BCUT2D eigenvalue weighted by molar-refractivity contribution is -0.137. The number of carbonyl (C=O) groups is 1. The normalized spacial score (nSPS) is 16.3. The topological polar surface area (TPSA) is 72.6 Å². The molecular weight excluding hydrogens is 218 g/mol. The fourth-order valence-corrected chi connectivity index (χ4v) is 2.19. The van der Waals surface area contributed by atoms with Crippen molar-refractivity contribution in [1.29, 1.82) is 0 Å². The fraction of sp³-hybridized carbons (Fsp3) is 0.462. The van der Waals surface area contributed by atoms with Crippen molar-refractivity contribution in [2.45, 2.75) is 25.4 Å². The lowest BCUT2D eigenvalue weighted by atomic mass is 9.91. The van der Waals surface area contributed by atoms with Crippen LogP contribution in [0.1, 0.15) is 29.0 Å². The molecule has 4 nitrogen and oxygen atoms in total. The molecule has 0 bridgehead atoms. The molecule has 2 rings (SSSR count). The van der Waals surface area contributed by atoms with Crippen LogP contribution >= 0.6 is 0 Å². The zero-order valence-electron chi connectivity index (χ0n) is 9.69. The number of carboxylic acids is 1. The molecule has 92 valence electrons. The minimum Gasteiger partial charge on any atom is -0.481 e. The van der Waals surface area contributed by atoms with Crippen molar-refractivity contribution < 1.29 is 14.6 Å². The van der Waals surface area contributed by atoms with Crippen molar-refractivity contribution in [3.8, 4) is 0 Å². The Kier molecular flexibility index (Phi) is 3.76. The van der Waals surface area contributed by atoms with E-state index < -0.39 is 5.97 Å². The molecule has 4 heteroatoms. The number of hydrogen-bond donors (Lipinski definition) is 2. The number of carboxylic acid groups (broad SMARTS) is 1. The van der Waals surface area contributed by atoms with Crippen LogP contribution < -0.4 is 5.73 Å². The summed E-state index contributed by atoms with van der Waals surface area (Å²) >= 11 is 0. The first-order valence-electron chi connectivity index (χ1n) is 5.82. The molecule has 1 atom stereocenters. The van der Waals surface area contributed by atoms with Crippen molar-refractivity contribution in [3.63, 3.8) is 0 Å². The van der Waals surface area contributed by atoms with Crippen LogP contribution in [-0.4, -0.2) is 24.2 Å². The Labute approximate surface area is 100 Å². The van der Waals surface area contributed by atoms with Crippen LogP contribution in [0.3, 0.4) is 0 Å². The number of rotatable bonds is 4.